The molecule has 1 amide bonds. The number of rotatable bonds is 8. The minimum absolute atomic E-state index is 0.198. The molecule has 2 aliphatic heterocycles. The van der Waals surface area contributed by atoms with Gasteiger partial charge in [-0.05, 0) is 62.3 Å². The van der Waals surface area contributed by atoms with Crippen LogP contribution in [0.2, 0.25) is 0 Å². The van der Waals surface area contributed by atoms with Gasteiger partial charge in [0.05, 0.1) is 6.67 Å². The molecule has 1 saturated heterocycles. The third kappa shape index (κ3) is 9.27. The number of hydrogen-bond donors (Lipinski definition) is 3. The molecule has 3 aliphatic rings. The van der Waals surface area contributed by atoms with Crippen LogP contribution in [0.25, 0.3) is 0 Å². The molecule has 1 unspecified atom stereocenters. The number of carbonyl (C=O) groups is 1. The van der Waals surface area contributed by atoms with E-state index < -0.39 is 0 Å². The molecule has 2 heterocycles. The highest BCUT2D eigenvalue weighted by atomic mass is 19.1. The van der Waals surface area contributed by atoms with Crippen LogP contribution in [0, 0.1) is 29.6 Å². The van der Waals surface area contributed by atoms with E-state index in [0.717, 1.165) is 76.9 Å². The van der Waals surface area contributed by atoms with E-state index in [-0.39, 0.29) is 11.7 Å². The molecule has 4 rings (SSSR count). The van der Waals surface area contributed by atoms with Crippen LogP contribution in [0.5, 0.6) is 0 Å². The van der Waals surface area contributed by atoms with Gasteiger partial charge in [-0.25, -0.2) is 4.39 Å². The lowest BCUT2D eigenvalue weighted by Gasteiger charge is -2.26. The Morgan fingerprint density at radius 3 is 2.73 bits per heavy atom. The topological polar surface area (TPSA) is 59.6 Å². The summed E-state index contributed by atoms with van der Waals surface area (Å²) >= 11 is 0. The molecule has 1 aromatic carbocycles. The monoisotopic (exact) mass is 509 g/mol. The highest BCUT2D eigenvalue weighted by Crippen LogP contribution is 2.23. The van der Waals surface area contributed by atoms with E-state index in [0.29, 0.717) is 24.3 Å². The molecule has 1 aromatic rings. The number of nitrogens with one attached hydrogen (secondary N) is 3. The van der Waals surface area contributed by atoms with Crippen LogP contribution in [-0.4, -0.2) is 55.1 Å². The summed E-state index contributed by atoms with van der Waals surface area (Å²) in [5, 5.41) is 10.1. The summed E-state index contributed by atoms with van der Waals surface area (Å²) in [4.78, 5) is 17.1. The first-order valence-corrected chi connectivity index (χ1v) is 14.2. The van der Waals surface area contributed by atoms with Crippen molar-refractivity contribution in [1.82, 2.24) is 25.8 Å². The molecular weight excluding hydrogens is 465 g/mol. The van der Waals surface area contributed by atoms with Crippen molar-refractivity contribution >= 4 is 5.91 Å². The van der Waals surface area contributed by atoms with Crippen molar-refractivity contribution in [2.24, 2.45) is 11.8 Å². The molecule has 1 saturated carbocycles. The molecule has 37 heavy (non-hydrogen) atoms. The van der Waals surface area contributed by atoms with Crippen molar-refractivity contribution < 1.29 is 9.18 Å². The second-order valence-electron chi connectivity index (χ2n) is 11.0. The summed E-state index contributed by atoms with van der Waals surface area (Å²) < 4.78 is 13.2. The Labute approximate surface area is 222 Å². The predicted octanol–water partition coefficient (Wildman–Crippen LogP) is 4.16. The van der Waals surface area contributed by atoms with Crippen molar-refractivity contribution in [3.63, 3.8) is 0 Å². The Hall–Kier alpha value is -2.72. The standard InChI is InChI=1S/C30H44FN5O/c1-35-22-29(36(23-35)21-26-9-11-27(31)12-10-26)15-18-32-16-14-25-8-7-24(13-17-33-20-25)19-30(37)34-28-5-3-2-4-6-28/h9-12,22,24-25,28,32-33H,2-8,13,15,17-21,23H2,1H3,(H,34,37)/t24-,25?/m1/s1. The van der Waals surface area contributed by atoms with Crippen LogP contribution in [0.3, 0.4) is 0 Å². The Morgan fingerprint density at radius 2 is 1.92 bits per heavy atom. The van der Waals surface area contributed by atoms with E-state index in [9.17, 15) is 9.18 Å². The average molecular weight is 510 g/mol. The zero-order valence-corrected chi connectivity index (χ0v) is 22.4. The smallest absolute Gasteiger partial charge is 0.220 e. The molecule has 0 radical (unpaired) electrons. The fourth-order valence-corrected chi connectivity index (χ4v) is 5.72. The van der Waals surface area contributed by atoms with E-state index in [2.05, 4.69) is 51.0 Å². The number of halogens is 1. The molecule has 0 bridgehead atoms. The van der Waals surface area contributed by atoms with Crippen molar-refractivity contribution in [3.8, 4) is 12.0 Å². The van der Waals surface area contributed by atoms with E-state index in [1.54, 1.807) is 0 Å². The zero-order chi connectivity index (χ0) is 25.9. The van der Waals surface area contributed by atoms with Gasteiger partial charge in [-0.2, -0.15) is 0 Å². The van der Waals surface area contributed by atoms with Gasteiger partial charge in [0.1, 0.15) is 5.82 Å². The van der Waals surface area contributed by atoms with Gasteiger partial charge in [-0.15, -0.1) is 0 Å². The van der Waals surface area contributed by atoms with Gasteiger partial charge in [-0.3, -0.25) is 4.79 Å². The minimum atomic E-state index is -0.198. The van der Waals surface area contributed by atoms with E-state index in [1.165, 1.54) is 37.1 Å². The zero-order valence-electron chi connectivity index (χ0n) is 22.4. The van der Waals surface area contributed by atoms with Crippen LogP contribution in [-0.2, 0) is 11.3 Å². The van der Waals surface area contributed by atoms with Crippen molar-refractivity contribution in [2.75, 3.05) is 33.4 Å². The lowest BCUT2D eigenvalue weighted by molar-refractivity contribution is -0.123. The average Bonchev–Trinajstić information content (AvgIpc) is 3.22. The Balaban J connectivity index is 1.17. The van der Waals surface area contributed by atoms with Crippen LogP contribution < -0.4 is 16.0 Å². The van der Waals surface area contributed by atoms with E-state index >= 15 is 0 Å². The first kappa shape index (κ1) is 27.3. The summed E-state index contributed by atoms with van der Waals surface area (Å²) in [6, 6.07) is 10.3. The molecular formula is C30H44FN5O. The third-order valence-electron chi connectivity index (χ3n) is 7.81. The number of nitrogens with zero attached hydrogens (tertiary/aromatic N) is 2. The molecule has 0 aromatic heterocycles. The van der Waals surface area contributed by atoms with Crippen LogP contribution in [0.1, 0.15) is 69.8 Å². The number of benzene rings is 1. The van der Waals surface area contributed by atoms with Gasteiger partial charge in [0, 0.05) is 69.4 Å². The molecule has 0 spiro atoms. The SMILES string of the molecule is CN1C=C(CCNC#CC2CC[C@@H](CC(=O)NC3CCCCC3)CCNC2)N(Cc2ccc(F)cc2)C1. The van der Waals surface area contributed by atoms with Gasteiger partial charge >= 0.3 is 0 Å². The quantitative estimate of drug-likeness (QED) is 0.279. The predicted molar refractivity (Wildman–Crippen MR) is 146 cm³/mol. The summed E-state index contributed by atoms with van der Waals surface area (Å²) in [5.41, 5.74) is 2.37. The van der Waals surface area contributed by atoms with E-state index in [1.807, 2.05) is 12.1 Å². The van der Waals surface area contributed by atoms with Gasteiger partial charge in [-0.1, -0.05) is 37.3 Å². The highest BCUT2D eigenvalue weighted by molar-refractivity contribution is 5.76. The lowest BCUT2D eigenvalue weighted by atomic mass is 9.89. The molecule has 202 valence electrons. The first-order chi connectivity index (χ1) is 18.0. The maximum Gasteiger partial charge on any atom is 0.220 e. The van der Waals surface area contributed by atoms with E-state index in [4.69, 9.17) is 0 Å². The number of carbonyl (C=O) groups excluding carboxylic acids is 1. The lowest BCUT2D eigenvalue weighted by Crippen LogP contribution is -2.37. The molecule has 3 N–H and O–H groups in total. The maximum atomic E-state index is 13.2. The molecule has 7 heteroatoms. The Morgan fingerprint density at radius 1 is 1.11 bits per heavy atom. The van der Waals surface area contributed by atoms with Gasteiger partial charge in [0.25, 0.3) is 0 Å². The summed E-state index contributed by atoms with van der Waals surface area (Å²) in [6.07, 6.45) is 13.0. The van der Waals surface area contributed by atoms with Gasteiger partial charge in [0.2, 0.25) is 5.91 Å². The normalized spacial score (nSPS) is 22.9. The second-order valence-corrected chi connectivity index (χ2v) is 11.0. The van der Waals surface area contributed by atoms with Crippen LogP contribution in [0.15, 0.2) is 36.2 Å². The van der Waals surface area contributed by atoms with Crippen molar-refractivity contribution in [3.05, 3.63) is 47.5 Å². The Bertz CT molecular complexity index is 947. The summed E-state index contributed by atoms with van der Waals surface area (Å²) in [5.74, 6) is 4.20. The number of hydrogen-bond acceptors (Lipinski definition) is 5. The first-order valence-electron chi connectivity index (χ1n) is 14.2. The maximum absolute atomic E-state index is 13.2. The largest absolute Gasteiger partial charge is 0.361 e. The molecule has 1 aliphatic carbocycles. The fourth-order valence-electron chi connectivity index (χ4n) is 5.72. The van der Waals surface area contributed by atoms with Crippen molar-refractivity contribution in [2.45, 2.75) is 76.8 Å². The number of amides is 1. The highest BCUT2D eigenvalue weighted by Gasteiger charge is 2.21. The molecule has 6 nitrogen and oxygen atoms in total. The second kappa shape index (κ2) is 14.3. The van der Waals surface area contributed by atoms with Crippen LogP contribution in [0.4, 0.5) is 4.39 Å². The van der Waals surface area contributed by atoms with Gasteiger partial charge in [0.15, 0.2) is 0 Å². The third-order valence-corrected chi connectivity index (χ3v) is 7.81. The molecule has 2 fully saturated rings. The minimum Gasteiger partial charge on any atom is -0.361 e. The van der Waals surface area contributed by atoms with Gasteiger partial charge < -0.3 is 25.8 Å². The van der Waals surface area contributed by atoms with Crippen molar-refractivity contribution in [1.29, 1.82) is 0 Å². The Kier molecular flexibility index (Phi) is 10.5. The van der Waals surface area contributed by atoms with Crippen LogP contribution >= 0.6 is 0 Å². The fraction of sp³-hybridized carbons (Fsp3) is 0.633. The molecule has 2 atom stereocenters. The summed E-state index contributed by atoms with van der Waals surface area (Å²) in [7, 11) is 2.08. The summed E-state index contributed by atoms with van der Waals surface area (Å²) in [6.45, 7) is 4.27.